The molecule has 4 nitrogen and oxygen atoms in total. The average molecular weight is 258 g/mol. The summed E-state index contributed by atoms with van der Waals surface area (Å²) in [5, 5.41) is 4.73. The first-order valence-electron chi connectivity index (χ1n) is 7.13. The summed E-state index contributed by atoms with van der Waals surface area (Å²) in [7, 11) is 2.21. The van der Waals surface area contributed by atoms with Crippen LogP contribution >= 0.6 is 0 Å². The Morgan fingerprint density at radius 3 is 3.26 bits per heavy atom. The zero-order valence-electron chi connectivity index (χ0n) is 11.5. The van der Waals surface area contributed by atoms with Crippen LogP contribution in [0.5, 0.6) is 0 Å². The molecule has 3 heterocycles. The summed E-state index contributed by atoms with van der Waals surface area (Å²) in [5.74, 6) is 0.794. The highest BCUT2D eigenvalue weighted by Crippen LogP contribution is 2.18. The van der Waals surface area contributed by atoms with Gasteiger partial charge in [-0.2, -0.15) is 0 Å². The molecule has 1 aliphatic rings. The lowest BCUT2D eigenvalue weighted by molar-refractivity contribution is 0.238. The van der Waals surface area contributed by atoms with Gasteiger partial charge in [-0.15, -0.1) is 0 Å². The number of aromatic amines is 1. The fourth-order valence-electron chi connectivity index (χ4n) is 3.02. The van der Waals surface area contributed by atoms with Gasteiger partial charge in [0, 0.05) is 30.9 Å². The molecule has 1 saturated heterocycles. The van der Waals surface area contributed by atoms with E-state index in [0.29, 0.717) is 0 Å². The molecule has 0 radical (unpaired) electrons. The van der Waals surface area contributed by atoms with Crippen molar-refractivity contribution in [2.24, 2.45) is 5.92 Å². The monoisotopic (exact) mass is 258 g/mol. The number of nitrogens with zero attached hydrogens (tertiary/aromatic N) is 2. The second-order valence-electron chi connectivity index (χ2n) is 5.62. The molecule has 2 N–H and O–H groups in total. The highest BCUT2D eigenvalue weighted by molar-refractivity contribution is 5.79. The first-order valence-corrected chi connectivity index (χ1v) is 7.13. The zero-order chi connectivity index (χ0) is 13.1. The van der Waals surface area contributed by atoms with E-state index < -0.39 is 0 Å². The third-order valence-electron chi connectivity index (χ3n) is 3.95. The van der Waals surface area contributed by atoms with E-state index in [1.807, 2.05) is 12.3 Å². The van der Waals surface area contributed by atoms with Gasteiger partial charge in [0.1, 0.15) is 5.65 Å². The molecule has 0 bridgehead atoms. The van der Waals surface area contributed by atoms with Crippen LogP contribution in [0.15, 0.2) is 24.5 Å². The molecule has 1 atom stereocenters. The van der Waals surface area contributed by atoms with Crippen LogP contribution in [0.2, 0.25) is 0 Å². The third kappa shape index (κ3) is 2.96. The maximum atomic E-state index is 4.34. The number of rotatable bonds is 4. The second-order valence-corrected chi connectivity index (χ2v) is 5.62. The standard InChI is InChI=1S/C15H22N4/c1-19(10-12-4-2-6-16-8-12)11-13-9-18-15-14(13)5-3-7-17-15/h3,5,7,9,12,16H,2,4,6,8,10-11H2,1H3,(H,17,18). The molecule has 2 aromatic rings. The van der Waals surface area contributed by atoms with Crippen molar-refractivity contribution < 1.29 is 0 Å². The lowest BCUT2D eigenvalue weighted by atomic mass is 9.99. The van der Waals surface area contributed by atoms with Gasteiger partial charge in [0.2, 0.25) is 0 Å². The molecule has 1 fully saturated rings. The number of hydrogen-bond acceptors (Lipinski definition) is 3. The molecule has 0 aromatic carbocycles. The molecular formula is C15H22N4. The van der Waals surface area contributed by atoms with E-state index in [1.165, 1.54) is 43.4 Å². The summed E-state index contributed by atoms with van der Waals surface area (Å²) in [4.78, 5) is 10.0. The molecule has 1 unspecified atom stereocenters. The van der Waals surface area contributed by atoms with Gasteiger partial charge in [-0.05, 0) is 56.6 Å². The molecule has 0 saturated carbocycles. The van der Waals surface area contributed by atoms with Crippen molar-refractivity contribution in [1.82, 2.24) is 20.2 Å². The fraction of sp³-hybridized carbons (Fsp3) is 0.533. The normalized spacial score (nSPS) is 20.2. The van der Waals surface area contributed by atoms with Gasteiger partial charge in [-0.3, -0.25) is 0 Å². The Bertz CT molecular complexity index is 528. The van der Waals surface area contributed by atoms with Gasteiger partial charge in [-0.25, -0.2) is 4.98 Å². The number of H-pyrrole nitrogens is 1. The van der Waals surface area contributed by atoms with Crippen molar-refractivity contribution in [3.8, 4) is 0 Å². The van der Waals surface area contributed by atoms with Gasteiger partial charge in [0.15, 0.2) is 0 Å². The van der Waals surface area contributed by atoms with Crippen molar-refractivity contribution in [2.75, 3.05) is 26.7 Å². The van der Waals surface area contributed by atoms with Crippen LogP contribution in [0.4, 0.5) is 0 Å². The Morgan fingerprint density at radius 2 is 2.42 bits per heavy atom. The Balaban J connectivity index is 1.63. The highest BCUT2D eigenvalue weighted by Gasteiger charge is 2.15. The molecule has 1 aliphatic heterocycles. The minimum Gasteiger partial charge on any atom is -0.346 e. The molecule has 102 valence electrons. The Labute approximate surface area is 114 Å². The van der Waals surface area contributed by atoms with Gasteiger partial charge >= 0.3 is 0 Å². The first kappa shape index (κ1) is 12.6. The lowest BCUT2D eigenvalue weighted by Gasteiger charge is -2.27. The van der Waals surface area contributed by atoms with Crippen molar-refractivity contribution in [1.29, 1.82) is 0 Å². The van der Waals surface area contributed by atoms with E-state index in [9.17, 15) is 0 Å². The van der Waals surface area contributed by atoms with Crippen LogP contribution in [0.3, 0.4) is 0 Å². The largest absolute Gasteiger partial charge is 0.346 e. The topological polar surface area (TPSA) is 44.0 Å². The number of fused-ring (bicyclic) bond motifs is 1. The van der Waals surface area contributed by atoms with E-state index in [-0.39, 0.29) is 0 Å². The number of aromatic nitrogens is 2. The molecular weight excluding hydrogens is 236 g/mol. The number of nitrogens with one attached hydrogen (secondary N) is 2. The number of hydrogen-bond donors (Lipinski definition) is 2. The minimum atomic E-state index is 0.794. The van der Waals surface area contributed by atoms with Crippen molar-refractivity contribution in [2.45, 2.75) is 19.4 Å². The number of piperidine rings is 1. The zero-order valence-corrected chi connectivity index (χ0v) is 11.5. The summed E-state index contributed by atoms with van der Waals surface area (Å²) in [6.45, 7) is 4.51. The van der Waals surface area contributed by atoms with Crippen LogP contribution in [0.25, 0.3) is 11.0 Å². The van der Waals surface area contributed by atoms with E-state index in [2.05, 4.69) is 39.5 Å². The van der Waals surface area contributed by atoms with Crippen LogP contribution in [0.1, 0.15) is 18.4 Å². The van der Waals surface area contributed by atoms with Crippen molar-refractivity contribution >= 4 is 11.0 Å². The Morgan fingerprint density at radius 1 is 1.47 bits per heavy atom. The molecule has 3 rings (SSSR count). The Kier molecular flexibility index (Phi) is 3.80. The third-order valence-corrected chi connectivity index (χ3v) is 3.95. The predicted octanol–water partition coefficient (Wildman–Crippen LogP) is 1.99. The van der Waals surface area contributed by atoms with E-state index >= 15 is 0 Å². The quantitative estimate of drug-likeness (QED) is 0.881. The van der Waals surface area contributed by atoms with Gasteiger partial charge in [0.25, 0.3) is 0 Å². The summed E-state index contributed by atoms with van der Waals surface area (Å²) in [6.07, 6.45) is 6.59. The van der Waals surface area contributed by atoms with Crippen LogP contribution in [0, 0.1) is 5.92 Å². The van der Waals surface area contributed by atoms with Gasteiger partial charge in [0.05, 0.1) is 0 Å². The molecule has 0 aliphatic carbocycles. The first-order chi connectivity index (χ1) is 9.33. The summed E-state index contributed by atoms with van der Waals surface area (Å²) >= 11 is 0. The molecule has 0 spiro atoms. The minimum absolute atomic E-state index is 0.794. The smallest absolute Gasteiger partial charge is 0.137 e. The summed E-state index contributed by atoms with van der Waals surface area (Å²) in [6, 6.07) is 4.15. The molecule has 2 aromatic heterocycles. The summed E-state index contributed by atoms with van der Waals surface area (Å²) < 4.78 is 0. The predicted molar refractivity (Wildman–Crippen MR) is 78.0 cm³/mol. The SMILES string of the molecule is CN(Cc1c[nH]c2ncccc12)CC1CCCNC1. The molecule has 4 heteroatoms. The van der Waals surface area contributed by atoms with E-state index in [4.69, 9.17) is 0 Å². The summed E-state index contributed by atoms with van der Waals surface area (Å²) in [5.41, 5.74) is 2.33. The van der Waals surface area contributed by atoms with E-state index in [0.717, 1.165) is 18.1 Å². The van der Waals surface area contributed by atoms with Crippen LogP contribution in [-0.2, 0) is 6.54 Å². The maximum Gasteiger partial charge on any atom is 0.137 e. The number of pyridine rings is 1. The van der Waals surface area contributed by atoms with Crippen molar-refractivity contribution in [3.63, 3.8) is 0 Å². The van der Waals surface area contributed by atoms with Gasteiger partial charge < -0.3 is 15.2 Å². The highest BCUT2D eigenvalue weighted by atomic mass is 15.1. The average Bonchev–Trinajstić information content (AvgIpc) is 2.83. The lowest BCUT2D eigenvalue weighted by Crippen LogP contribution is -2.36. The molecule has 19 heavy (non-hydrogen) atoms. The fourth-order valence-corrected chi connectivity index (χ4v) is 3.02. The maximum absolute atomic E-state index is 4.34. The second kappa shape index (κ2) is 5.72. The molecule has 0 amide bonds. The van der Waals surface area contributed by atoms with Crippen molar-refractivity contribution in [3.05, 3.63) is 30.1 Å². The van der Waals surface area contributed by atoms with Crippen LogP contribution in [-0.4, -0.2) is 41.5 Å². The Hall–Kier alpha value is -1.39. The van der Waals surface area contributed by atoms with Gasteiger partial charge in [-0.1, -0.05) is 0 Å². The van der Waals surface area contributed by atoms with Crippen LogP contribution < -0.4 is 5.32 Å². The van der Waals surface area contributed by atoms with E-state index in [1.54, 1.807) is 0 Å².